The van der Waals surface area contributed by atoms with Gasteiger partial charge in [-0.2, -0.15) is 0 Å². The number of fused-ring (bicyclic) bond motifs is 1. The second-order valence-electron chi connectivity index (χ2n) is 7.17. The third-order valence-electron chi connectivity index (χ3n) is 5.12. The van der Waals surface area contributed by atoms with Gasteiger partial charge in [-0.05, 0) is 37.3 Å². The summed E-state index contributed by atoms with van der Waals surface area (Å²) in [6.45, 7) is 2.31. The van der Waals surface area contributed by atoms with Gasteiger partial charge in [0.2, 0.25) is 0 Å². The molecule has 1 aromatic carbocycles. The average molecular weight is 444 g/mol. The Bertz CT molecular complexity index is 1150. The monoisotopic (exact) mass is 443 g/mol. The highest BCUT2D eigenvalue weighted by molar-refractivity contribution is 8.00. The molecule has 0 unspecified atom stereocenters. The van der Waals surface area contributed by atoms with E-state index in [-0.39, 0.29) is 17.4 Å². The van der Waals surface area contributed by atoms with Gasteiger partial charge in [-0.15, -0.1) is 11.3 Å². The van der Waals surface area contributed by atoms with Crippen LogP contribution in [0.4, 0.5) is 0 Å². The number of thioether (sulfide) groups is 1. The minimum absolute atomic E-state index is 0.0778. The molecule has 0 spiro atoms. The summed E-state index contributed by atoms with van der Waals surface area (Å²) in [5.41, 5.74) is -0.732. The van der Waals surface area contributed by atoms with E-state index in [1.54, 1.807) is 26.3 Å². The normalized spacial score (nSPS) is 18.9. The lowest BCUT2D eigenvalue weighted by Gasteiger charge is -2.18. The van der Waals surface area contributed by atoms with E-state index in [2.05, 4.69) is 9.97 Å². The van der Waals surface area contributed by atoms with Crippen molar-refractivity contribution in [1.29, 1.82) is 0 Å². The van der Waals surface area contributed by atoms with Crippen LogP contribution in [0.15, 0.2) is 35.4 Å². The second-order valence-corrected chi connectivity index (χ2v) is 9.22. The quantitative estimate of drug-likeness (QED) is 0.356. The van der Waals surface area contributed by atoms with Crippen LogP contribution in [0.1, 0.15) is 26.8 Å². The van der Waals surface area contributed by atoms with Gasteiger partial charge in [0.15, 0.2) is 11.4 Å². The van der Waals surface area contributed by atoms with Gasteiger partial charge in [-0.1, -0.05) is 11.8 Å². The topological polar surface area (TPSA) is 92.6 Å². The summed E-state index contributed by atoms with van der Waals surface area (Å²) in [7, 11) is 3.27. The Morgan fingerprint density at radius 1 is 1.33 bits per heavy atom. The van der Waals surface area contributed by atoms with Crippen molar-refractivity contribution < 1.29 is 19.4 Å². The predicted octanol–water partition coefficient (Wildman–Crippen LogP) is 3.03. The number of methoxy groups -OCH3 is 1. The number of ether oxygens (including phenoxy) is 1. The van der Waals surface area contributed by atoms with E-state index in [1.807, 2.05) is 25.1 Å². The van der Waals surface area contributed by atoms with Crippen LogP contribution in [-0.4, -0.2) is 58.1 Å². The molecule has 0 bridgehead atoms. The number of carbonyl (C=O) groups is 2. The first kappa shape index (κ1) is 20.8. The van der Waals surface area contributed by atoms with Crippen LogP contribution < -0.4 is 4.74 Å². The van der Waals surface area contributed by atoms with Crippen molar-refractivity contribution in [3.63, 3.8) is 0 Å². The number of amides is 1. The number of nitrogens with zero attached hydrogens (tertiary/aromatic N) is 3. The largest absolute Gasteiger partial charge is 0.497 e. The standard InChI is InChI=1S/C21H21N3O4S2/c1-12-22-15-5-4-13(28-3)10-14(15)19(23-12)29-11-16(25)17-6-7-18(30-17)21(27)8-9-24(2)20(21)26/h4-7,10,27H,8-9,11H2,1-3H3/t21-/m0/s1. The molecule has 156 valence electrons. The lowest BCUT2D eigenvalue weighted by atomic mass is 10.0. The molecule has 3 aromatic rings. The SMILES string of the molecule is COc1ccc2nc(C)nc(SCC(=O)c3ccc([C@@]4(O)CCN(C)C4=O)s3)c2c1. The molecule has 1 N–H and O–H groups in total. The molecule has 1 amide bonds. The maximum Gasteiger partial charge on any atom is 0.259 e. The van der Waals surface area contributed by atoms with Crippen LogP contribution in [-0.2, 0) is 10.4 Å². The molecule has 7 nitrogen and oxygen atoms in total. The van der Waals surface area contributed by atoms with Crippen molar-refractivity contribution in [3.05, 3.63) is 45.9 Å². The van der Waals surface area contributed by atoms with Gasteiger partial charge in [-0.25, -0.2) is 9.97 Å². The molecular weight excluding hydrogens is 422 g/mol. The molecule has 1 fully saturated rings. The van der Waals surface area contributed by atoms with Crippen molar-refractivity contribution in [1.82, 2.24) is 14.9 Å². The minimum atomic E-state index is -1.53. The number of aliphatic hydroxyl groups is 1. The number of carbonyl (C=O) groups excluding carboxylic acids is 2. The number of benzene rings is 1. The number of thiophene rings is 1. The first-order valence-electron chi connectivity index (χ1n) is 9.38. The fourth-order valence-electron chi connectivity index (χ4n) is 3.42. The summed E-state index contributed by atoms with van der Waals surface area (Å²) < 4.78 is 5.29. The zero-order valence-corrected chi connectivity index (χ0v) is 18.5. The molecule has 1 saturated heterocycles. The molecule has 4 rings (SSSR count). The molecule has 1 aliphatic rings. The van der Waals surface area contributed by atoms with Crippen molar-refractivity contribution in [2.75, 3.05) is 26.5 Å². The Morgan fingerprint density at radius 2 is 2.13 bits per heavy atom. The summed E-state index contributed by atoms with van der Waals surface area (Å²) in [5.74, 6) is 1.12. The van der Waals surface area contributed by atoms with Crippen LogP contribution in [0.5, 0.6) is 5.75 Å². The maximum atomic E-state index is 12.8. The first-order chi connectivity index (χ1) is 14.3. The van der Waals surface area contributed by atoms with E-state index in [1.165, 1.54) is 28.0 Å². The third kappa shape index (κ3) is 3.68. The summed E-state index contributed by atoms with van der Waals surface area (Å²) in [5, 5.41) is 12.3. The Labute approximate surface area is 182 Å². The zero-order chi connectivity index (χ0) is 21.5. The summed E-state index contributed by atoms with van der Waals surface area (Å²) in [6.07, 6.45) is 0.333. The summed E-state index contributed by atoms with van der Waals surface area (Å²) >= 11 is 2.52. The summed E-state index contributed by atoms with van der Waals surface area (Å²) in [6, 6.07) is 8.93. The average Bonchev–Trinajstić information content (AvgIpc) is 3.34. The van der Waals surface area contributed by atoms with Crippen LogP contribution in [0.25, 0.3) is 10.9 Å². The maximum absolute atomic E-state index is 12.8. The van der Waals surface area contributed by atoms with E-state index in [0.717, 1.165) is 10.9 Å². The molecule has 0 radical (unpaired) electrons. The molecule has 2 aromatic heterocycles. The number of aryl methyl sites for hydroxylation is 1. The lowest BCUT2D eigenvalue weighted by Crippen LogP contribution is -2.35. The fourth-order valence-corrected chi connectivity index (χ4v) is 5.51. The predicted molar refractivity (Wildman–Crippen MR) is 116 cm³/mol. The number of Topliss-reactive ketones (excluding diaryl/α,β-unsaturated/α-hetero) is 1. The first-order valence-corrected chi connectivity index (χ1v) is 11.2. The Kier molecular flexibility index (Phi) is 5.52. The van der Waals surface area contributed by atoms with Crippen LogP contribution >= 0.6 is 23.1 Å². The molecule has 0 aliphatic carbocycles. The highest BCUT2D eigenvalue weighted by atomic mass is 32.2. The van der Waals surface area contributed by atoms with E-state index in [0.29, 0.717) is 39.3 Å². The smallest absolute Gasteiger partial charge is 0.259 e. The van der Waals surface area contributed by atoms with Gasteiger partial charge >= 0.3 is 0 Å². The Hall–Kier alpha value is -2.49. The van der Waals surface area contributed by atoms with E-state index < -0.39 is 5.60 Å². The highest BCUT2D eigenvalue weighted by Crippen LogP contribution is 2.37. The second kappa shape index (κ2) is 7.98. The number of aromatic nitrogens is 2. The number of likely N-dealkylation sites (tertiary alicyclic amines) is 1. The van der Waals surface area contributed by atoms with Gasteiger partial charge in [0.05, 0.1) is 23.3 Å². The van der Waals surface area contributed by atoms with E-state index >= 15 is 0 Å². The molecule has 0 saturated carbocycles. The van der Waals surface area contributed by atoms with Crippen molar-refractivity contribution >= 4 is 45.7 Å². The Morgan fingerprint density at radius 3 is 2.83 bits per heavy atom. The minimum Gasteiger partial charge on any atom is -0.497 e. The van der Waals surface area contributed by atoms with Crippen molar-refractivity contribution in [2.45, 2.75) is 24.0 Å². The highest BCUT2D eigenvalue weighted by Gasteiger charge is 2.46. The zero-order valence-electron chi connectivity index (χ0n) is 16.8. The van der Waals surface area contributed by atoms with Crippen molar-refractivity contribution in [2.24, 2.45) is 0 Å². The number of hydrogen-bond donors (Lipinski definition) is 1. The molecule has 9 heteroatoms. The van der Waals surface area contributed by atoms with Crippen LogP contribution in [0.2, 0.25) is 0 Å². The van der Waals surface area contributed by atoms with Gasteiger partial charge in [-0.3, -0.25) is 9.59 Å². The summed E-state index contributed by atoms with van der Waals surface area (Å²) in [4.78, 5) is 36.6. The molecule has 1 atom stereocenters. The number of hydrogen-bond acceptors (Lipinski definition) is 8. The molecule has 30 heavy (non-hydrogen) atoms. The van der Waals surface area contributed by atoms with Gasteiger partial charge in [0.25, 0.3) is 5.91 Å². The third-order valence-corrected chi connectivity index (χ3v) is 7.39. The molecular formula is C21H21N3O4S2. The molecule has 3 heterocycles. The fraction of sp³-hybridized carbons (Fsp3) is 0.333. The number of ketones is 1. The number of likely N-dealkylation sites (N-methyl/N-ethyl adjacent to an activating group) is 1. The van der Waals surface area contributed by atoms with Crippen LogP contribution in [0.3, 0.4) is 0 Å². The van der Waals surface area contributed by atoms with E-state index in [4.69, 9.17) is 4.74 Å². The molecule has 1 aliphatic heterocycles. The van der Waals surface area contributed by atoms with Gasteiger partial charge < -0.3 is 14.7 Å². The van der Waals surface area contributed by atoms with Crippen LogP contribution in [0, 0.1) is 6.92 Å². The van der Waals surface area contributed by atoms with Gasteiger partial charge in [0, 0.05) is 30.3 Å². The van der Waals surface area contributed by atoms with E-state index in [9.17, 15) is 14.7 Å². The lowest BCUT2D eigenvalue weighted by molar-refractivity contribution is -0.142. The number of rotatable bonds is 6. The Balaban J connectivity index is 1.54. The van der Waals surface area contributed by atoms with Crippen molar-refractivity contribution in [3.8, 4) is 5.75 Å². The van der Waals surface area contributed by atoms with Gasteiger partial charge in [0.1, 0.15) is 16.6 Å².